The molecule has 1 aliphatic carbocycles. The van der Waals surface area contributed by atoms with Crippen LogP contribution in [0, 0.1) is 12.8 Å². The van der Waals surface area contributed by atoms with Crippen molar-refractivity contribution in [2.24, 2.45) is 5.92 Å². The summed E-state index contributed by atoms with van der Waals surface area (Å²) in [5.41, 5.74) is 4.91. The third kappa shape index (κ3) is 3.29. The van der Waals surface area contributed by atoms with Crippen LogP contribution in [0.15, 0.2) is 42.5 Å². The van der Waals surface area contributed by atoms with Crippen molar-refractivity contribution in [2.75, 3.05) is 5.32 Å². The van der Waals surface area contributed by atoms with Gasteiger partial charge in [-0.3, -0.25) is 4.79 Å². The van der Waals surface area contributed by atoms with Crippen molar-refractivity contribution in [3.05, 3.63) is 48.0 Å². The van der Waals surface area contributed by atoms with Gasteiger partial charge in [0.25, 0.3) is 0 Å². The number of hydrogen-bond donors (Lipinski definition) is 2. The van der Waals surface area contributed by atoms with Crippen LogP contribution in [0.2, 0.25) is 0 Å². The fraction of sp³-hybridized carbons (Fsp3) is 0.333. The number of carbonyl (C=O) groups is 1. The number of amides is 1. The molecular formula is C21H23N3O. The van der Waals surface area contributed by atoms with Crippen molar-refractivity contribution < 1.29 is 4.79 Å². The Hall–Kier alpha value is -2.62. The molecular weight excluding hydrogens is 310 g/mol. The van der Waals surface area contributed by atoms with Crippen LogP contribution in [0.4, 0.5) is 5.69 Å². The molecule has 4 rings (SSSR count). The van der Waals surface area contributed by atoms with Gasteiger partial charge in [0.05, 0.1) is 11.0 Å². The number of aromatic nitrogens is 2. The molecule has 1 saturated carbocycles. The molecule has 0 atom stereocenters. The number of H-pyrrole nitrogens is 1. The molecule has 0 aliphatic heterocycles. The lowest BCUT2D eigenvalue weighted by atomic mass is 9.88. The SMILES string of the molecule is Cc1ccc(-c2nc3ccccc3[nH]2)cc1NC(=O)C1CCCCC1. The molecule has 0 unspecified atom stereocenters. The molecule has 1 aromatic heterocycles. The average molecular weight is 333 g/mol. The Balaban J connectivity index is 1.60. The molecule has 128 valence electrons. The normalized spacial score (nSPS) is 15.4. The maximum absolute atomic E-state index is 12.6. The molecule has 4 heteroatoms. The fourth-order valence-electron chi connectivity index (χ4n) is 3.59. The van der Waals surface area contributed by atoms with E-state index in [0.717, 1.165) is 59.4 Å². The first-order valence-electron chi connectivity index (χ1n) is 9.07. The van der Waals surface area contributed by atoms with Crippen LogP contribution >= 0.6 is 0 Å². The molecule has 1 heterocycles. The summed E-state index contributed by atoms with van der Waals surface area (Å²) in [4.78, 5) is 20.6. The quantitative estimate of drug-likeness (QED) is 0.704. The van der Waals surface area contributed by atoms with Crippen molar-refractivity contribution >= 4 is 22.6 Å². The van der Waals surface area contributed by atoms with Gasteiger partial charge in [0.15, 0.2) is 0 Å². The Morgan fingerprint density at radius 3 is 2.72 bits per heavy atom. The van der Waals surface area contributed by atoms with Gasteiger partial charge >= 0.3 is 0 Å². The number of carbonyl (C=O) groups excluding carboxylic acids is 1. The van der Waals surface area contributed by atoms with Gasteiger partial charge in [-0.2, -0.15) is 0 Å². The summed E-state index contributed by atoms with van der Waals surface area (Å²) in [6.45, 7) is 2.03. The molecule has 2 aromatic carbocycles. The van der Waals surface area contributed by atoms with Gasteiger partial charge in [0.1, 0.15) is 5.82 Å². The molecule has 1 fully saturated rings. The Morgan fingerprint density at radius 1 is 1.12 bits per heavy atom. The molecule has 4 nitrogen and oxygen atoms in total. The smallest absolute Gasteiger partial charge is 0.227 e. The van der Waals surface area contributed by atoms with E-state index in [0.29, 0.717) is 0 Å². The zero-order chi connectivity index (χ0) is 17.2. The van der Waals surface area contributed by atoms with E-state index in [9.17, 15) is 4.79 Å². The molecule has 25 heavy (non-hydrogen) atoms. The van der Waals surface area contributed by atoms with Crippen LogP contribution in [-0.2, 0) is 4.79 Å². The second-order valence-corrected chi connectivity index (χ2v) is 6.96. The molecule has 0 bridgehead atoms. The first-order valence-corrected chi connectivity index (χ1v) is 9.07. The van der Waals surface area contributed by atoms with E-state index >= 15 is 0 Å². The highest BCUT2D eigenvalue weighted by molar-refractivity contribution is 5.94. The number of aryl methyl sites for hydroxylation is 1. The lowest BCUT2D eigenvalue weighted by Gasteiger charge is -2.21. The number of fused-ring (bicyclic) bond motifs is 1. The minimum absolute atomic E-state index is 0.156. The second-order valence-electron chi connectivity index (χ2n) is 6.96. The molecule has 0 radical (unpaired) electrons. The summed E-state index contributed by atoms with van der Waals surface area (Å²) in [7, 11) is 0. The summed E-state index contributed by atoms with van der Waals surface area (Å²) >= 11 is 0. The van der Waals surface area contributed by atoms with E-state index < -0.39 is 0 Å². The number of nitrogens with zero attached hydrogens (tertiary/aromatic N) is 1. The van der Waals surface area contributed by atoms with Crippen LogP contribution in [0.25, 0.3) is 22.4 Å². The molecule has 1 amide bonds. The predicted octanol–water partition coefficient (Wildman–Crippen LogP) is 5.06. The van der Waals surface area contributed by atoms with Crippen molar-refractivity contribution in [1.29, 1.82) is 0 Å². The average Bonchev–Trinajstić information content (AvgIpc) is 3.08. The van der Waals surface area contributed by atoms with Crippen LogP contribution in [0.3, 0.4) is 0 Å². The van der Waals surface area contributed by atoms with Gasteiger partial charge in [-0.1, -0.05) is 43.5 Å². The summed E-state index contributed by atoms with van der Waals surface area (Å²) in [5.74, 6) is 1.14. The highest BCUT2D eigenvalue weighted by Gasteiger charge is 2.21. The van der Waals surface area contributed by atoms with Crippen LogP contribution < -0.4 is 5.32 Å². The summed E-state index contributed by atoms with van der Waals surface area (Å²) in [6, 6.07) is 14.1. The third-order valence-corrected chi connectivity index (χ3v) is 5.13. The molecule has 2 N–H and O–H groups in total. The first kappa shape index (κ1) is 15.9. The van der Waals surface area contributed by atoms with E-state index in [1.807, 2.05) is 49.4 Å². The van der Waals surface area contributed by atoms with Crippen molar-refractivity contribution in [3.8, 4) is 11.4 Å². The minimum atomic E-state index is 0.156. The van der Waals surface area contributed by atoms with Gasteiger partial charge in [0, 0.05) is 17.2 Å². The van der Waals surface area contributed by atoms with E-state index in [-0.39, 0.29) is 11.8 Å². The fourth-order valence-corrected chi connectivity index (χ4v) is 3.59. The van der Waals surface area contributed by atoms with Crippen LogP contribution in [-0.4, -0.2) is 15.9 Å². The first-order chi connectivity index (χ1) is 12.2. The highest BCUT2D eigenvalue weighted by atomic mass is 16.1. The standard InChI is InChI=1S/C21H23N3O/c1-14-11-12-16(20-22-17-9-5-6-10-18(17)23-20)13-19(14)24-21(25)15-7-3-2-4-8-15/h5-6,9-13,15H,2-4,7-8H2,1H3,(H,22,23)(H,24,25). The topological polar surface area (TPSA) is 57.8 Å². The van der Waals surface area contributed by atoms with Gasteiger partial charge in [-0.15, -0.1) is 0 Å². The highest BCUT2D eigenvalue weighted by Crippen LogP contribution is 2.28. The lowest BCUT2D eigenvalue weighted by Crippen LogP contribution is -2.25. The Bertz CT molecular complexity index is 873. The Labute approximate surface area is 147 Å². The summed E-state index contributed by atoms with van der Waals surface area (Å²) < 4.78 is 0. The van der Waals surface area contributed by atoms with E-state index in [1.54, 1.807) is 0 Å². The van der Waals surface area contributed by atoms with Gasteiger partial charge in [-0.25, -0.2) is 4.98 Å². The molecule has 0 saturated heterocycles. The van der Waals surface area contributed by atoms with Crippen molar-refractivity contribution in [1.82, 2.24) is 9.97 Å². The monoisotopic (exact) mass is 333 g/mol. The van der Waals surface area contributed by atoms with Gasteiger partial charge in [-0.05, 0) is 43.5 Å². The van der Waals surface area contributed by atoms with Gasteiger partial charge in [0.2, 0.25) is 5.91 Å². The van der Waals surface area contributed by atoms with Crippen LogP contribution in [0.1, 0.15) is 37.7 Å². The second kappa shape index (κ2) is 6.71. The summed E-state index contributed by atoms with van der Waals surface area (Å²) in [6.07, 6.45) is 5.60. The number of aromatic amines is 1. The van der Waals surface area contributed by atoms with Crippen molar-refractivity contribution in [2.45, 2.75) is 39.0 Å². The largest absolute Gasteiger partial charge is 0.338 e. The molecule has 1 aliphatic rings. The molecule has 0 spiro atoms. The number of benzene rings is 2. The maximum Gasteiger partial charge on any atom is 0.227 e. The van der Waals surface area contributed by atoms with Crippen LogP contribution in [0.5, 0.6) is 0 Å². The van der Waals surface area contributed by atoms with E-state index in [4.69, 9.17) is 0 Å². The zero-order valence-corrected chi connectivity index (χ0v) is 14.5. The number of hydrogen-bond acceptors (Lipinski definition) is 2. The zero-order valence-electron chi connectivity index (χ0n) is 14.5. The van der Waals surface area contributed by atoms with E-state index in [1.165, 1.54) is 6.42 Å². The number of imidazole rings is 1. The van der Waals surface area contributed by atoms with E-state index in [2.05, 4.69) is 15.3 Å². The van der Waals surface area contributed by atoms with Gasteiger partial charge < -0.3 is 10.3 Å². The summed E-state index contributed by atoms with van der Waals surface area (Å²) in [5, 5.41) is 3.14. The molecule has 3 aromatic rings. The number of anilines is 1. The maximum atomic E-state index is 12.6. The lowest BCUT2D eigenvalue weighted by molar-refractivity contribution is -0.120. The predicted molar refractivity (Wildman–Crippen MR) is 101 cm³/mol. The third-order valence-electron chi connectivity index (χ3n) is 5.13. The van der Waals surface area contributed by atoms with Crippen molar-refractivity contribution in [3.63, 3.8) is 0 Å². The Kier molecular flexibility index (Phi) is 4.26. The minimum Gasteiger partial charge on any atom is -0.338 e. The number of para-hydroxylation sites is 2. The number of rotatable bonds is 3. The number of nitrogens with one attached hydrogen (secondary N) is 2. The Morgan fingerprint density at radius 2 is 1.92 bits per heavy atom.